The summed E-state index contributed by atoms with van der Waals surface area (Å²) in [5, 5.41) is 2.94. The summed E-state index contributed by atoms with van der Waals surface area (Å²) < 4.78 is 13.2. The Hall–Kier alpha value is -2.69. The summed E-state index contributed by atoms with van der Waals surface area (Å²) in [6, 6.07) is 13.1. The van der Waals surface area contributed by atoms with Crippen LogP contribution in [-0.2, 0) is 22.6 Å². The molecule has 0 aliphatic carbocycles. The molecule has 0 saturated carbocycles. The third-order valence-electron chi connectivity index (χ3n) is 4.37. The summed E-state index contributed by atoms with van der Waals surface area (Å²) in [6.45, 7) is 9.78. The summed E-state index contributed by atoms with van der Waals surface area (Å²) in [7, 11) is 0. The summed E-state index contributed by atoms with van der Waals surface area (Å²) in [5.41, 5.74) is 2.38. The molecular formula is C23H29FN2O2. The SMILES string of the molecule is Cc1cccc(CN(C(=O)Cc2ccc(F)cc2)[C@H](C)C(=O)NC(C)(C)C)c1. The van der Waals surface area contributed by atoms with E-state index >= 15 is 0 Å². The van der Waals surface area contributed by atoms with Crippen molar-refractivity contribution in [2.75, 3.05) is 0 Å². The van der Waals surface area contributed by atoms with Gasteiger partial charge in [-0.3, -0.25) is 9.59 Å². The summed E-state index contributed by atoms with van der Waals surface area (Å²) in [5.74, 6) is -0.719. The van der Waals surface area contributed by atoms with Crippen LogP contribution in [-0.4, -0.2) is 28.3 Å². The van der Waals surface area contributed by atoms with E-state index in [1.165, 1.54) is 12.1 Å². The zero-order chi connectivity index (χ0) is 20.9. The number of amides is 2. The topological polar surface area (TPSA) is 49.4 Å². The molecule has 5 heteroatoms. The van der Waals surface area contributed by atoms with Gasteiger partial charge in [0.05, 0.1) is 6.42 Å². The molecule has 150 valence electrons. The quantitative estimate of drug-likeness (QED) is 0.818. The first-order valence-corrected chi connectivity index (χ1v) is 9.46. The number of nitrogens with one attached hydrogen (secondary N) is 1. The summed E-state index contributed by atoms with van der Waals surface area (Å²) >= 11 is 0. The van der Waals surface area contributed by atoms with Crippen molar-refractivity contribution in [2.45, 2.75) is 59.2 Å². The summed E-state index contributed by atoms with van der Waals surface area (Å²) in [4.78, 5) is 27.3. The molecule has 1 atom stereocenters. The average molecular weight is 384 g/mol. The maximum atomic E-state index is 13.2. The molecular weight excluding hydrogens is 355 g/mol. The fraction of sp³-hybridized carbons (Fsp3) is 0.391. The van der Waals surface area contributed by atoms with Crippen LogP contribution in [0.3, 0.4) is 0 Å². The minimum Gasteiger partial charge on any atom is -0.350 e. The predicted molar refractivity (Wildman–Crippen MR) is 109 cm³/mol. The van der Waals surface area contributed by atoms with Crippen molar-refractivity contribution in [2.24, 2.45) is 0 Å². The van der Waals surface area contributed by atoms with E-state index in [1.54, 1.807) is 24.0 Å². The average Bonchev–Trinajstić information content (AvgIpc) is 2.59. The van der Waals surface area contributed by atoms with Gasteiger partial charge in [0.1, 0.15) is 11.9 Å². The number of benzene rings is 2. The molecule has 0 saturated heterocycles. The van der Waals surface area contributed by atoms with E-state index in [0.29, 0.717) is 12.1 Å². The normalized spacial score (nSPS) is 12.4. The fourth-order valence-electron chi connectivity index (χ4n) is 2.94. The number of carbonyl (C=O) groups excluding carboxylic acids is 2. The van der Waals surface area contributed by atoms with E-state index in [1.807, 2.05) is 52.0 Å². The monoisotopic (exact) mass is 384 g/mol. The lowest BCUT2D eigenvalue weighted by molar-refractivity contribution is -0.140. The molecule has 0 aliphatic heterocycles. The van der Waals surface area contributed by atoms with Gasteiger partial charge in [-0.2, -0.15) is 0 Å². The Kier molecular flexibility index (Phi) is 6.95. The molecule has 0 aromatic heterocycles. The van der Waals surface area contributed by atoms with Crippen LogP contribution in [0.5, 0.6) is 0 Å². The van der Waals surface area contributed by atoms with E-state index in [-0.39, 0.29) is 29.6 Å². The van der Waals surface area contributed by atoms with Crippen LogP contribution in [0.15, 0.2) is 48.5 Å². The Morgan fingerprint density at radius 3 is 2.29 bits per heavy atom. The highest BCUT2D eigenvalue weighted by Crippen LogP contribution is 2.15. The van der Waals surface area contributed by atoms with Crippen LogP contribution in [0.25, 0.3) is 0 Å². The molecule has 2 aromatic carbocycles. The molecule has 0 radical (unpaired) electrons. The van der Waals surface area contributed by atoms with Gasteiger partial charge in [-0.25, -0.2) is 4.39 Å². The lowest BCUT2D eigenvalue weighted by atomic mass is 10.1. The third kappa shape index (κ3) is 6.48. The molecule has 0 fully saturated rings. The zero-order valence-corrected chi connectivity index (χ0v) is 17.3. The van der Waals surface area contributed by atoms with E-state index in [2.05, 4.69) is 5.32 Å². The Morgan fingerprint density at radius 1 is 1.07 bits per heavy atom. The standard InChI is InChI=1S/C23H29FN2O2/c1-16-7-6-8-19(13-16)15-26(17(2)22(28)25-23(3,4)5)21(27)14-18-9-11-20(24)12-10-18/h6-13,17H,14-15H2,1-5H3,(H,25,28)/t17-/m1/s1. The molecule has 4 nitrogen and oxygen atoms in total. The minimum absolute atomic E-state index is 0.110. The lowest BCUT2D eigenvalue weighted by Crippen LogP contribution is -2.52. The van der Waals surface area contributed by atoms with Crippen molar-refractivity contribution >= 4 is 11.8 Å². The molecule has 0 bridgehead atoms. The fourth-order valence-corrected chi connectivity index (χ4v) is 2.94. The third-order valence-corrected chi connectivity index (χ3v) is 4.37. The number of halogens is 1. The molecule has 2 amide bonds. The molecule has 2 aromatic rings. The number of aryl methyl sites for hydroxylation is 1. The number of carbonyl (C=O) groups is 2. The second-order valence-electron chi connectivity index (χ2n) is 8.23. The smallest absolute Gasteiger partial charge is 0.242 e. The predicted octanol–water partition coefficient (Wildman–Crippen LogP) is 4.01. The largest absolute Gasteiger partial charge is 0.350 e. The van der Waals surface area contributed by atoms with Gasteiger partial charge >= 0.3 is 0 Å². The van der Waals surface area contributed by atoms with Crippen LogP contribution >= 0.6 is 0 Å². The van der Waals surface area contributed by atoms with Crippen molar-refractivity contribution in [1.29, 1.82) is 0 Å². The Morgan fingerprint density at radius 2 is 1.71 bits per heavy atom. The zero-order valence-electron chi connectivity index (χ0n) is 17.3. The maximum absolute atomic E-state index is 13.2. The lowest BCUT2D eigenvalue weighted by Gasteiger charge is -2.31. The van der Waals surface area contributed by atoms with Crippen molar-refractivity contribution < 1.29 is 14.0 Å². The highest BCUT2D eigenvalue weighted by molar-refractivity contribution is 5.88. The van der Waals surface area contributed by atoms with Crippen LogP contribution in [0.4, 0.5) is 4.39 Å². The van der Waals surface area contributed by atoms with Gasteiger partial charge in [0.15, 0.2) is 0 Å². The van der Waals surface area contributed by atoms with Crippen LogP contribution < -0.4 is 5.32 Å². The molecule has 0 aliphatic rings. The van der Waals surface area contributed by atoms with E-state index < -0.39 is 6.04 Å². The first kappa shape index (κ1) is 21.6. The molecule has 2 rings (SSSR count). The number of rotatable bonds is 6. The van der Waals surface area contributed by atoms with Crippen molar-refractivity contribution in [3.05, 3.63) is 71.0 Å². The molecule has 0 spiro atoms. The van der Waals surface area contributed by atoms with E-state index in [9.17, 15) is 14.0 Å². The van der Waals surface area contributed by atoms with Gasteiger partial charge in [0, 0.05) is 12.1 Å². The van der Waals surface area contributed by atoms with Crippen LogP contribution in [0.1, 0.15) is 44.4 Å². The Balaban J connectivity index is 2.24. The van der Waals surface area contributed by atoms with Gasteiger partial charge in [0.2, 0.25) is 11.8 Å². The highest BCUT2D eigenvalue weighted by atomic mass is 19.1. The molecule has 28 heavy (non-hydrogen) atoms. The van der Waals surface area contributed by atoms with Gasteiger partial charge in [-0.05, 0) is 57.9 Å². The second-order valence-corrected chi connectivity index (χ2v) is 8.23. The number of hydrogen-bond donors (Lipinski definition) is 1. The van der Waals surface area contributed by atoms with Crippen LogP contribution in [0.2, 0.25) is 0 Å². The van der Waals surface area contributed by atoms with Gasteiger partial charge in [-0.15, -0.1) is 0 Å². The second kappa shape index (κ2) is 9.00. The molecule has 0 heterocycles. The van der Waals surface area contributed by atoms with Gasteiger partial charge < -0.3 is 10.2 Å². The summed E-state index contributed by atoms with van der Waals surface area (Å²) in [6.07, 6.45) is 0.110. The molecule has 0 unspecified atom stereocenters. The van der Waals surface area contributed by atoms with Gasteiger partial charge in [-0.1, -0.05) is 42.0 Å². The molecule has 1 N–H and O–H groups in total. The van der Waals surface area contributed by atoms with Gasteiger partial charge in [0.25, 0.3) is 0 Å². The van der Waals surface area contributed by atoms with E-state index in [0.717, 1.165) is 11.1 Å². The number of nitrogens with zero attached hydrogens (tertiary/aromatic N) is 1. The first-order chi connectivity index (χ1) is 13.0. The van der Waals surface area contributed by atoms with E-state index in [4.69, 9.17) is 0 Å². The Labute approximate surface area is 166 Å². The highest BCUT2D eigenvalue weighted by Gasteiger charge is 2.28. The first-order valence-electron chi connectivity index (χ1n) is 9.46. The Bertz CT molecular complexity index is 825. The minimum atomic E-state index is -0.632. The van der Waals surface area contributed by atoms with Crippen LogP contribution in [0, 0.1) is 12.7 Å². The van der Waals surface area contributed by atoms with Crippen molar-refractivity contribution in [3.8, 4) is 0 Å². The van der Waals surface area contributed by atoms with Crippen molar-refractivity contribution in [1.82, 2.24) is 10.2 Å². The van der Waals surface area contributed by atoms with Crippen molar-refractivity contribution in [3.63, 3.8) is 0 Å². The maximum Gasteiger partial charge on any atom is 0.242 e. The number of hydrogen-bond acceptors (Lipinski definition) is 2.